The molecule has 0 aliphatic rings. The Bertz CT molecular complexity index is 636. The number of carbonyl (C=O) groups excluding carboxylic acids is 2. The molecule has 0 bridgehead atoms. The van der Waals surface area contributed by atoms with E-state index < -0.39 is 10.5 Å². The van der Waals surface area contributed by atoms with Gasteiger partial charge >= 0.3 is 0 Å². The fourth-order valence-corrected chi connectivity index (χ4v) is 2.01. The monoisotopic (exact) mass is 372 g/mol. The molecule has 6 heteroatoms. The molecular formula is C14H7BrCl2O3. The van der Waals surface area contributed by atoms with Crippen LogP contribution in [0.15, 0.2) is 46.9 Å². The van der Waals surface area contributed by atoms with Crippen molar-refractivity contribution < 1.29 is 14.3 Å². The van der Waals surface area contributed by atoms with Crippen molar-refractivity contribution in [1.29, 1.82) is 0 Å². The molecule has 0 heterocycles. The maximum atomic E-state index is 11.2. The van der Waals surface area contributed by atoms with Crippen molar-refractivity contribution in [3.63, 3.8) is 0 Å². The van der Waals surface area contributed by atoms with Crippen molar-refractivity contribution in [2.24, 2.45) is 0 Å². The minimum absolute atomic E-state index is 0.144. The van der Waals surface area contributed by atoms with Crippen molar-refractivity contribution in [2.75, 3.05) is 0 Å². The van der Waals surface area contributed by atoms with Gasteiger partial charge in [0.25, 0.3) is 10.5 Å². The molecular weight excluding hydrogens is 367 g/mol. The lowest BCUT2D eigenvalue weighted by atomic mass is 10.1. The Morgan fingerprint density at radius 1 is 0.850 bits per heavy atom. The summed E-state index contributed by atoms with van der Waals surface area (Å²) in [5.74, 6) is 0.864. The highest BCUT2D eigenvalue weighted by molar-refractivity contribution is 9.10. The van der Waals surface area contributed by atoms with Gasteiger partial charge in [0.05, 0.1) is 0 Å². The highest BCUT2D eigenvalue weighted by atomic mass is 79.9. The van der Waals surface area contributed by atoms with E-state index in [1.165, 1.54) is 18.2 Å². The van der Waals surface area contributed by atoms with Crippen LogP contribution in [0.5, 0.6) is 11.5 Å². The van der Waals surface area contributed by atoms with Crippen LogP contribution in [0.4, 0.5) is 0 Å². The van der Waals surface area contributed by atoms with Gasteiger partial charge in [-0.15, -0.1) is 0 Å². The number of benzene rings is 2. The first-order chi connectivity index (χ1) is 9.45. The molecule has 0 fully saturated rings. The molecule has 2 rings (SSSR count). The third-order valence-electron chi connectivity index (χ3n) is 2.41. The third kappa shape index (κ3) is 3.82. The van der Waals surface area contributed by atoms with Crippen LogP contribution < -0.4 is 4.74 Å². The second kappa shape index (κ2) is 6.39. The topological polar surface area (TPSA) is 43.4 Å². The van der Waals surface area contributed by atoms with Crippen LogP contribution in [-0.2, 0) is 0 Å². The number of rotatable bonds is 4. The first kappa shape index (κ1) is 15.0. The van der Waals surface area contributed by atoms with Crippen LogP contribution in [0.2, 0.25) is 0 Å². The molecule has 0 aromatic heterocycles. The Hall–Kier alpha value is -1.36. The molecule has 0 aliphatic heterocycles. The fraction of sp³-hybridized carbons (Fsp3) is 0. The molecule has 0 saturated heterocycles. The summed E-state index contributed by atoms with van der Waals surface area (Å²) in [4.78, 5) is 22.4. The van der Waals surface area contributed by atoms with Gasteiger partial charge in [0.1, 0.15) is 11.5 Å². The lowest BCUT2D eigenvalue weighted by molar-refractivity contribution is 0.108. The summed E-state index contributed by atoms with van der Waals surface area (Å²) in [6.45, 7) is 0. The van der Waals surface area contributed by atoms with Crippen molar-refractivity contribution in [2.45, 2.75) is 0 Å². The summed E-state index contributed by atoms with van der Waals surface area (Å²) in [6, 6.07) is 11.3. The largest absolute Gasteiger partial charge is 0.457 e. The highest BCUT2D eigenvalue weighted by Crippen LogP contribution is 2.26. The zero-order valence-electron chi connectivity index (χ0n) is 9.90. The Morgan fingerprint density at radius 3 is 1.80 bits per heavy atom. The van der Waals surface area contributed by atoms with Gasteiger partial charge in [0.2, 0.25) is 0 Å². The number of ether oxygens (including phenoxy) is 1. The fourth-order valence-electron chi connectivity index (χ4n) is 1.52. The quantitative estimate of drug-likeness (QED) is 0.708. The average molecular weight is 374 g/mol. The van der Waals surface area contributed by atoms with Crippen LogP contribution in [0.1, 0.15) is 20.7 Å². The Morgan fingerprint density at radius 2 is 1.35 bits per heavy atom. The van der Waals surface area contributed by atoms with Crippen molar-refractivity contribution in [1.82, 2.24) is 0 Å². The van der Waals surface area contributed by atoms with E-state index in [1.54, 1.807) is 24.3 Å². The molecule has 20 heavy (non-hydrogen) atoms. The Kier molecular flexibility index (Phi) is 4.81. The van der Waals surface area contributed by atoms with Gasteiger partial charge in [-0.25, -0.2) is 0 Å². The van der Waals surface area contributed by atoms with E-state index in [0.717, 1.165) is 4.47 Å². The highest BCUT2D eigenvalue weighted by Gasteiger charge is 2.11. The molecule has 3 nitrogen and oxygen atoms in total. The van der Waals surface area contributed by atoms with Gasteiger partial charge in [0.15, 0.2) is 0 Å². The van der Waals surface area contributed by atoms with Crippen molar-refractivity contribution in [3.05, 3.63) is 58.1 Å². The normalized spacial score (nSPS) is 10.2. The SMILES string of the molecule is O=C(Cl)c1cc(Oc2ccc(Br)cc2)cc(C(=O)Cl)c1. The molecule has 0 N–H and O–H groups in total. The molecule has 0 radical (unpaired) electrons. The van der Waals surface area contributed by atoms with Gasteiger partial charge in [-0.05, 0) is 65.7 Å². The molecule has 0 saturated carbocycles. The summed E-state index contributed by atoms with van der Waals surface area (Å²) >= 11 is 14.2. The molecule has 2 aromatic carbocycles. The zero-order chi connectivity index (χ0) is 14.7. The summed E-state index contributed by atoms with van der Waals surface area (Å²) in [5, 5.41) is -1.38. The smallest absolute Gasteiger partial charge is 0.252 e. The Balaban J connectivity index is 2.37. The lowest BCUT2D eigenvalue weighted by Crippen LogP contribution is -1.97. The molecule has 0 amide bonds. The summed E-state index contributed by atoms with van der Waals surface area (Å²) in [5.41, 5.74) is 0.288. The van der Waals surface area contributed by atoms with Gasteiger partial charge in [-0.2, -0.15) is 0 Å². The second-order valence-electron chi connectivity index (χ2n) is 3.85. The summed E-state index contributed by atoms with van der Waals surface area (Å²) in [6.07, 6.45) is 0. The van der Waals surface area contributed by atoms with Crippen LogP contribution in [0.25, 0.3) is 0 Å². The number of hydrogen-bond donors (Lipinski definition) is 0. The Labute approximate surface area is 133 Å². The van der Waals surface area contributed by atoms with E-state index >= 15 is 0 Å². The lowest BCUT2D eigenvalue weighted by Gasteiger charge is -2.08. The van der Waals surface area contributed by atoms with E-state index in [4.69, 9.17) is 27.9 Å². The van der Waals surface area contributed by atoms with E-state index in [2.05, 4.69) is 15.9 Å². The standard InChI is InChI=1S/C14H7BrCl2O3/c15-10-1-3-11(4-2-10)20-12-6-8(13(16)18)5-9(7-12)14(17)19/h1-7H. The van der Waals surface area contributed by atoms with Crippen molar-refractivity contribution in [3.8, 4) is 11.5 Å². The summed E-state index contributed by atoms with van der Waals surface area (Å²) in [7, 11) is 0. The third-order valence-corrected chi connectivity index (χ3v) is 3.37. The van der Waals surface area contributed by atoms with Gasteiger partial charge in [0, 0.05) is 15.6 Å². The first-order valence-electron chi connectivity index (χ1n) is 5.44. The average Bonchev–Trinajstić information content (AvgIpc) is 2.41. The predicted octanol–water partition coefficient (Wildman–Crippen LogP) is 5.00. The molecule has 0 spiro atoms. The van der Waals surface area contributed by atoms with Crippen LogP contribution in [-0.4, -0.2) is 10.5 Å². The zero-order valence-corrected chi connectivity index (χ0v) is 13.0. The van der Waals surface area contributed by atoms with E-state index in [-0.39, 0.29) is 11.1 Å². The van der Waals surface area contributed by atoms with E-state index in [0.29, 0.717) is 11.5 Å². The minimum Gasteiger partial charge on any atom is -0.457 e. The molecule has 2 aromatic rings. The predicted molar refractivity (Wildman–Crippen MR) is 81.0 cm³/mol. The van der Waals surface area contributed by atoms with Crippen LogP contribution in [0.3, 0.4) is 0 Å². The van der Waals surface area contributed by atoms with Crippen molar-refractivity contribution >= 4 is 49.6 Å². The molecule has 0 atom stereocenters. The second-order valence-corrected chi connectivity index (χ2v) is 5.45. The molecule has 0 unspecified atom stereocenters. The maximum absolute atomic E-state index is 11.2. The maximum Gasteiger partial charge on any atom is 0.252 e. The minimum atomic E-state index is -0.689. The number of halogens is 3. The van der Waals surface area contributed by atoms with Gasteiger partial charge in [-0.1, -0.05) is 15.9 Å². The van der Waals surface area contributed by atoms with Gasteiger partial charge in [-0.3, -0.25) is 9.59 Å². The summed E-state index contributed by atoms with van der Waals surface area (Å²) < 4.78 is 6.48. The first-order valence-corrected chi connectivity index (χ1v) is 6.99. The van der Waals surface area contributed by atoms with Crippen LogP contribution in [0, 0.1) is 0 Å². The van der Waals surface area contributed by atoms with Crippen LogP contribution >= 0.6 is 39.1 Å². The molecule has 102 valence electrons. The van der Waals surface area contributed by atoms with E-state index in [9.17, 15) is 9.59 Å². The number of carbonyl (C=O) groups is 2. The van der Waals surface area contributed by atoms with Gasteiger partial charge < -0.3 is 4.74 Å². The van der Waals surface area contributed by atoms with E-state index in [1.807, 2.05) is 0 Å². The number of hydrogen-bond acceptors (Lipinski definition) is 3. The molecule has 0 aliphatic carbocycles.